The lowest BCUT2D eigenvalue weighted by molar-refractivity contribution is -0.147. The molecule has 11 heteroatoms. The van der Waals surface area contributed by atoms with E-state index in [1.54, 1.807) is 23.9 Å². The van der Waals surface area contributed by atoms with Gasteiger partial charge in [0, 0.05) is 12.3 Å². The van der Waals surface area contributed by atoms with Gasteiger partial charge in [0.05, 0.1) is 18.6 Å². The quantitative estimate of drug-likeness (QED) is 0.0493. The number of thioether (sulfide) groups is 1. The number of carbonyl (C=O) groups excluding carboxylic acids is 2. The Morgan fingerprint density at radius 1 is 0.754 bits per heavy atom. The fourth-order valence-electron chi connectivity index (χ4n) is 7.35. The molecule has 1 saturated carbocycles. The van der Waals surface area contributed by atoms with Crippen LogP contribution in [0.4, 0.5) is 0 Å². The first kappa shape index (κ1) is 41.7. The highest BCUT2D eigenvalue weighted by Crippen LogP contribution is 2.40. The highest BCUT2D eigenvalue weighted by Gasteiger charge is 2.42. The van der Waals surface area contributed by atoms with E-state index in [1.165, 1.54) is 25.7 Å². The van der Waals surface area contributed by atoms with Crippen molar-refractivity contribution < 1.29 is 27.6 Å². The van der Waals surface area contributed by atoms with E-state index in [1.807, 2.05) is 121 Å². The van der Waals surface area contributed by atoms with Crippen LogP contribution in [-0.2, 0) is 35.8 Å². The predicted molar refractivity (Wildman–Crippen MR) is 226 cm³/mol. The average molecular weight is 806 g/mol. The first-order valence-corrected chi connectivity index (χ1v) is 22.1. The summed E-state index contributed by atoms with van der Waals surface area (Å²) in [6.07, 6.45) is 5.53. The molecule has 0 spiro atoms. The fraction of sp³-hybridized carbons (Fsp3) is 0.304. The number of methoxy groups -OCH3 is 1. The van der Waals surface area contributed by atoms with Gasteiger partial charge in [-0.05, 0) is 77.5 Å². The number of carbonyl (C=O) groups is 2. The molecular weight excluding hydrogens is 755 g/mol. The Kier molecular flexibility index (Phi) is 15.0. The number of sulfonamides is 1. The summed E-state index contributed by atoms with van der Waals surface area (Å²) in [7, 11) is -2.92. The minimum atomic E-state index is -4.42. The Labute approximate surface area is 341 Å². The molecule has 0 heterocycles. The second-order valence-corrected chi connectivity index (χ2v) is 17.2. The summed E-state index contributed by atoms with van der Waals surface area (Å²) >= 11 is 1.58. The molecule has 5 aromatic rings. The van der Waals surface area contributed by atoms with Gasteiger partial charge in [0.2, 0.25) is 15.9 Å². The van der Waals surface area contributed by atoms with Crippen LogP contribution >= 0.6 is 11.8 Å². The molecule has 2 amide bonds. The van der Waals surface area contributed by atoms with Crippen LogP contribution in [0.15, 0.2) is 150 Å². The molecule has 1 fully saturated rings. The minimum absolute atomic E-state index is 0.0637. The van der Waals surface area contributed by atoms with Gasteiger partial charge in [0.1, 0.15) is 11.8 Å². The van der Waals surface area contributed by atoms with E-state index in [0.717, 1.165) is 52.2 Å². The summed E-state index contributed by atoms with van der Waals surface area (Å²) in [5, 5.41) is 2.99. The maximum absolute atomic E-state index is 14.9. The Bertz CT molecular complexity index is 2000. The molecule has 2 N–H and O–H groups in total. The smallest absolute Gasteiger partial charge is 0.262 e. The van der Waals surface area contributed by atoms with Crippen LogP contribution < -0.4 is 15.5 Å². The van der Waals surface area contributed by atoms with Crippen LogP contribution in [0.1, 0.15) is 60.8 Å². The zero-order valence-electron chi connectivity index (χ0n) is 32.3. The minimum Gasteiger partial charge on any atom is -0.497 e. The van der Waals surface area contributed by atoms with E-state index in [2.05, 4.69) is 10.8 Å². The summed E-state index contributed by atoms with van der Waals surface area (Å²) in [5.41, 5.74) is 4.80. The van der Waals surface area contributed by atoms with Crippen LogP contribution in [0.5, 0.6) is 5.75 Å². The summed E-state index contributed by atoms with van der Waals surface area (Å²) < 4.78 is 35.8. The van der Waals surface area contributed by atoms with Gasteiger partial charge < -0.3 is 10.1 Å². The molecule has 0 radical (unpaired) electrons. The van der Waals surface area contributed by atoms with Gasteiger partial charge in [0.15, 0.2) is 5.60 Å². The van der Waals surface area contributed by atoms with Gasteiger partial charge in [0.25, 0.3) is 5.91 Å². The molecule has 57 heavy (non-hydrogen) atoms. The van der Waals surface area contributed by atoms with Crippen molar-refractivity contribution in [3.05, 3.63) is 168 Å². The van der Waals surface area contributed by atoms with E-state index < -0.39 is 40.0 Å². The fourth-order valence-corrected chi connectivity index (χ4v) is 9.88. The molecule has 9 nitrogen and oxygen atoms in total. The SMILES string of the molecule is COc1ccc(S(=O)(=O)N(CC(=O)NCC2CCCCC2)C(CCSCc2ccccc2)C(=O)NOC(c2ccccc2)(c2ccccc2)c2ccccc2)cc1. The third kappa shape index (κ3) is 10.7. The molecular formula is C46H51N3O6S2. The Morgan fingerprint density at radius 2 is 1.28 bits per heavy atom. The highest BCUT2D eigenvalue weighted by atomic mass is 32.2. The van der Waals surface area contributed by atoms with Crippen molar-refractivity contribution in [2.45, 2.75) is 60.8 Å². The van der Waals surface area contributed by atoms with Crippen LogP contribution in [0.2, 0.25) is 0 Å². The lowest BCUT2D eigenvalue weighted by atomic mass is 9.80. The number of amides is 2. The van der Waals surface area contributed by atoms with E-state index in [9.17, 15) is 18.0 Å². The van der Waals surface area contributed by atoms with E-state index in [0.29, 0.717) is 29.7 Å². The van der Waals surface area contributed by atoms with Gasteiger partial charge in [-0.1, -0.05) is 141 Å². The maximum Gasteiger partial charge on any atom is 0.262 e. The van der Waals surface area contributed by atoms with Crippen molar-refractivity contribution in [2.75, 3.05) is 26.0 Å². The third-order valence-electron chi connectivity index (χ3n) is 10.4. The molecule has 1 aliphatic rings. The van der Waals surface area contributed by atoms with Gasteiger partial charge in [-0.3, -0.25) is 14.4 Å². The van der Waals surface area contributed by atoms with E-state index >= 15 is 0 Å². The van der Waals surface area contributed by atoms with Crippen LogP contribution in [0.25, 0.3) is 0 Å². The average Bonchev–Trinajstić information content (AvgIpc) is 3.27. The lowest BCUT2D eigenvalue weighted by Crippen LogP contribution is -2.54. The molecule has 0 aromatic heterocycles. The van der Waals surface area contributed by atoms with Crippen LogP contribution in [0, 0.1) is 5.92 Å². The zero-order chi connectivity index (χ0) is 39.9. The monoisotopic (exact) mass is 805 g/mol. The number of ether oxygens (including phenoxy) is 1. The largest absolute Gasteiger partial charge is 0.497 e. The van der Waals surface area contributed by atoms with Crippen molar-refractivity contribution in [1.29, 1.82) is 0 Å². The Morgan fingerprint density at radius 3 is 1.81 bits per heavy atom. The van der Waals surface area contributed by atoms with Gasteiger partial charge in [-0.2, -0.15) is 16.1 Å². The van der Waals surface area contributed by atoms with Crippen molar-refractivity contribution in [3.8, 4) is 5.75 Å². The highest BCUT2D eigenvalue weighted by molar-refractivity contribution is 7.98. The maximum atomic E-state index is 14.9. The summed E-state index contributed by atoms with van der Waals surface area (Å²) in [4.78, 5) is 35.3. The molecule has 6 rings (SSSR count). The van der Waals surface area contributed by atoms with E-state index in [4.69, 9.17) is 9.57 Å². The molecule has 1 aliphatic carbocycles. The predicted octanol–water partition coefficient (Wildman–Crippen LogP) is 8.11. The first-order valence-electron chi connectivity index (χ1n) is 19.5. The number of hydrogen-bond donors (Lipinski definition) is 2. The number of hydroxylamine groups is 1. The topological polar surface area (TPSA) is 114 Å². The summed E-state index contributed by atoms with van der Waals surface area (Å²) in [5.74, 6) is 0.730. The molecule has 0 bridgehead atoms. The van der Waals surface area contributed by atoms with Crippen LogP contribution in [0.3, 0.4) is 0 Å². The van der Waals surface area contributed by atoms with Gasteiger partial charge in [-0.15, -0.1) is 0 Å². The van der Waals surface area contributed by atoms with E-state index in [-0.39, 0.29) is 11.3 Å². The number of nitrogens with one attached hydrogen (secondary N) is 2. The molecule has 298 valence electrons. The molecule has 0 aliphatic heterocycles. The standard InChI is InChI=1S/C46H51N3O6S2/c1-54-41-27-29-42(30-28-41)57(52,53)49(34-44(50)47-33-36-17-7-2-8-18-36)43(31-32-56-35-37-19-9-3-10-20-37)45(51)48-55-46(38-21-11-4-12-22-38,39-23-13-5-14-24-39)40-25-15-6-16-26-40/h3-6,9-16,19-30,36,43H,2,7-8,17-18,31-35H2,1H3,(H,47,50)(H,48,51). The lowest BCUT2D eigenvalue weighted by Gasteiger charge is -2.36. The first-order chi connectivity index (χ1) is 27.8. The molecule has 1 unspecified atom stereocenters. The number of benzene rings is 5. The molecule has 5 aromatic carbocycles. The van der Waals surface area contributed by atoms with Crippen LogP contribution in [-0.4, -0.2) is 56.5 Å². The Hall–Kier alpha value is -4.94. The number of rotatable bonds is 19. The molecule has 0 saturated heterocycles. The second kappa shape index (κ2) is 20.5. The normalized spacial score (nSPS) is 14.1. The van der Waals surface area contributed by atoms with Gasteiger partial charge >= 0.3 is 0 Å². The second-order valence-electron chi connectivity index (χ2n) is 14.2. The zero-order valence-corrected chi connectivity index (χ0v) is 33.9. The Balaban J connectivity index is 1.36. The number of nitrogens with zero attached hydrogens (tertiary/aromatic N) is 1. The van der Waals surface area contributed by atoms with Crippen molar-refractivity contribution in [2.24, 2.45) is 5.92 Å². The van der Waals surface area contributed by atoms with Crippen molar-refractivity contribution >= 4 is 33.6 Å². The summed E-state index contributed by atoms with van der Waals surface area (Å²) in [6.45, 7) is -0.0976. The summed E-state index contributed by atoms with van der Waals surface area (Å²) in [6, 6.07) is 43.3. The molecule has 1 atom stereocenters. The van der Waals surface area contributed by atoms with Crippen molar-refractivity contribution in [1.82, 2.24) is 15.1 Å². The van der Waals surface area contributed by atoms with Crippen molar-refractivity contribution in [3.63, 3.8) is 0 Å². The third-order valence-corrected chi connectivity index (χ3v) is 13.4. The van der Waals surface area contributed by atoms with Gasteiger partial charge in [-0.25, -0.2) is 13.9 Å². The number of hydrogen-bond acceptors (Lipinski definition) is 7.